The summed E-state index contributed by atoms with van der Waals surface area (Å²) in [6.45, 7) is 1.04. The van der Waals surface area contributed by atoms with Crippen molar-refractivity contribution in [2.75, 3.05) is 5.75 Å². The molecule has 2 rings (SSSR count). The van der Waals surface area contributed by atoms with Gasteiger partial charge in [-0.1, -0.05) is 19.3 Å². The predicted octanol–water partition coefficient (Wildman–Crippen LogP) is 3.37. The summed E-state index contributed by atoms with van der Waals surface area (Å²) in [6, 6.07) is 0. The highest BCUT2D eigenvalue weighted by Gasteiger charge is 2.31. The van der Waals surface area contributed by atoms with E-state index in [0.717, 1.165) is 12.3 Å². The second kappa shape index (κ2) is 5.08. The van der Waals surface area contributed by atoms with Crippen LogP contribution >= 0.6 is 35.2 Å². The molecule has 1 aromatic heterocycles. The van der Waals surface area contributed by atoms with E-state index >= 15 is 0 Å². The van der Waals surface area contributed by atoms with Crippen LogP contribution in [0.2, 0.25) is 0 Å². The zero-order valence-electron chi connectivity index (χ0n) is 8.82. The van der Waals surface area contributed by atoms with Gasteiger partial charge in [-0.2, -0.15) is 17.7 Å². The number of aromatic nitrogens is 2. The molecule has 0 bridgehead atoms. The van der Waals surface area contributed by atoms with Gasteiger partial charge < -0.3 is 0 Å². The van der Waals surface area contributed by atoms with Crippen LogP contribution in [0, 0.1) is 8.99 Å². The fourth-order valence-electron chi connectivity index (χ4n) is 2.44. The van der Waals surface area contributed by atoms with Gasteiger partial charge in [0, 0.05) is 12.7 Å². The molecule has 1 aromatic rings. The van der Waals surface area contributed by atoms with E-state index in [1.54, 1.807) is 0 Å². The van der Waals surface area contributed by atoms with Crippen LogP contribution in [0.25, 0.3) is 0 Å². The Morgan fingerprint density at radius 2 is 2.13 bits per heavy atom. The van der Waals surface area contributed by atoms with E-state index in [2.05, 4.69) is 51.2 Å². The van der Waals surface area contributed by atoms with Gasteiger partial charge in [-0.25, -0.2) is 0 Å². The zero-order chi connectivity index (χ0) is 10.7. The first-order chi connectivity index (χ1) is 7.24. The number of hydrogen-bond acceptors (Lipinski definition) is 2. The van der Waals surface area contributed by atoms with E-state index in [1.165, 1.54) is 35.7 Å². The third kappa shape index (κ3) is 2.90. The number of hydrogen-bond donors (Lipinski definition) is 1. The van der Waals surface area contributed by atoms with Crippen LogP contribution in [0.1, 0.15) is 32.1 Å². The van der Waals surface area contributed by atoms with E-state index in [1.807, 2.05) is 6.20 Å². The van der Waals surface area contributed by atoms with Crippen molar-refractivity contribution in [3.8, 4) is 0 Å². The molecule has 1 heterocycles. The molecule has 1 aliphatic rings. The molecule has 0 aliphatic heterocycles. The fraction of sp³-hybridized carbons (Fsp3) is 0.727. The molecule has 1 fully saturated rings. The van der Waals surface area contributed by atoms with Crippen LogP contribution in [-0.2, 0) is 6.54 Å². The molecule has 0 unspecified atom stereocenters. The Labute approximate surface area is 110 Å². The molecule has 0 spiro atoms. The highest BCUT2D eigenvalue weighted by Crippen LogP contribution is 2.38. The Balaban J connectivity index is 2.06. The minimum absolute atomic E-state index is 0.399. The van der Waals surface area contributed by atoms with Gasteiger partial charge in [0.05, 0.1) is 9.77 Å². The van der Waals surface area contributed by atoms with E-state index in [-0.39, 0.29) is 0 Å². The Kier molecular flexibility index (Phi) is 3.98. The maximum absolute atomic E-state index is 4.54. The van der Waals surface area contributed by atoms with Crippen molar-refractivity contribution in [3.05, 3.63) is 16.0 Å². The standard InChI is InChI=1S/C11H17IN2S/c12-10-6-13-14(7-10)8-11(9-15)4-2-1-3-5-11/h6-7,15H,1-5,8-9H2. The topological polar surface area (TPSA) is 17.8 Å². The molecule has 2 nitrogen and oxygen atoms in total. The minimum Gasteiger partial charge on any atom is -0.271 e. The lowest BCUT2D eigenvalue weighted by atomic mass is 9.75. The molecule has 0 N–H and O–H groups in total. The first-order valence-corrected chi connectivity index (χ1v) is 7.24. The van der Waals surface area contributed by atoms with Crippen molar-refractivity contribution < 1.29 is 0 Å². The van der Waals surface area contributed by atoms with Crippen molar-refractivity contribution in [2.24, 2.45) is 5.41 Å². The Bertz CT molecular complexity index is 318. The summed E-state index contributed by atoms with van der Waals surface area (Å²) in [6.07, 6.45) is 10.8. The Morgan fingerprint density at radius 3 is 2.67 bits per heavy atom. The first kappa shape index (κ1) is 11.8. The molecular formula is C11H17IN2S. The largest absolute Gasteiger partial charge is 0.271 e. The zero-order valence-corrected chi connectivity index (χ0v) is 11.9. The molecule has 1 saturated carbocycles. The van der Waals surface area contributed by atoms with Crippen molar-refractivity contribution in [1.82, 2.24) is 9.78 Å². The summed E-state index contributed by atoms with van der Waals surface area (Å²) in [5.74, 6) is 0.990. The van der Waals surface area contributed by atoms with E-state index < -0.39 is 0 Å². The smallest absolute Gasteiger partial charge is 0.0623 e. The SMILES string of the molecule is SCC1(Cn2cc(I)cn2)CCCCC1. The summed E-state index contributed by atoms with van der Waals surface area (Å²) in [5, 5.41) is 4.38. The van der Waals surface area contributed by atoms with Crippen molar-refractivity contribution in [3.63, 3.8) is 0 Å². The maximum Gasteiger partial charge on any atom is 0.0623 e. The number of halogens is 1. The third-order valence-electron chi connectivity index (χ3n) is 3.35. The number of thiol groups is 1. The van der Waals surface area contributed by atoms with Crippen molar-refractivity contribution >= 4 is 35.2 Å². The van der Waals surface area contributed by atoms with Gasteiger partial charge >= 0.3 is 0 Å². The molecular weight excluding hydrogens is 319 g/mol. The van der Waals surface area contributed by atoms with Gasteiger partial charge in [0.1, 0.15) is 0 Å². The normalized spacial score (nSPS) is 20.4. The molecule has 0 aromatic carbocycles. The molecule has 0 amide bonds. The van der Waals surface area contributed by atoms with Crippen LogP contribution in [0.4, 0.5) is 0 Å². The van der Waals surface area contributed by atoms with E-state index in [0.29, 0.717) is 5.41 Å². The van der Waals surface area contributed by atoms with Crippen LogP contribution in [0.3, 0.4) is 0 Å². The molecule has 84 valence electrons. The average molecular weight is 336 g/mol. The maximum atomic E-state index is 4.54. The predicted molar refractivity (Wildman–Crippen MR) is 74.3 cm³/mol. The summed E-state index contributed by atoms with van der Waals surface area (Å²) < 4.78 is 3.31. The van der Waals surface area contributed by atoms with Gasteiger partial charge in [0.2, 0.25) is 0 Å². The first-order valence-electron chi connectivity index (χ1n) is 5.53. The summed E-state index contributed by atoms with van der Waals surface area (Å²) in [5.41, 5.74) is 0.399. The van der Waals surface area contributed by atoms with E-state index in [9.17, 15) is 0 Å². The van der Waals surface area contributed by atoms with Gasteiger partial charge in [-0.05, 0) is 46.6 Å². The highest BCUT2D eigenvalue weighted by molar-refractivity contribution is 14.1. The Morgan fingerprint density at radius 1 is 1.40 bits per heavy atom. The number of rotatable bonds is 3. The molecule has 1 aliphatic carbocycles. The Hall–Kier alpha value is 0.290. The molecule has 0 atom stereocenters. The molecule has 15 heavy (non-hydrogen) atoms. The lowest BCUT2D eigenvalue weighted by molar-refractivity contribution is 0.182. The number of nitrogens with zero attached hydrogens (tertiary/aromatic N) is 2. The summed E-state index contributed by atoms with van der Waals surface area (Å²) in [7, 11) is 0. The van der Waals surface area contributed by atoms with Crippen LogP contribution < -0.4 is 0 Å². The lowest BCUT2D eigenvalue weighted by Crippen LogP contribution is -2.31. The van der Waals surface area contributed by atoms with Crippen LogP contribution in [-0.4, -0.2) is 15.5 Å². The van der Waals surface area contributed by atoms with Gasteiger partial charge in [-0.3, -0.25) is 4.68 Å². The molecule has 4 heteroatoms. The quantitative estimate of drug-likeness (QED) is 0.662. The monoisotopic (exact) mass is 336 g/mol. The van der Waals surface area contributed by atoms with E-state index in [4.69, 9.17) is 0 Å². The molecule has 0 radical (unpaired) electrons. The van der Waals surface area contributed by atoms with Crippen molar-refractivity contribution in [1.29, 1.82) is 0 Å². The van der Waals surface area contributed by atoms with Gasteiger partial charge in [-0.15, -0.1) is 0 Å². The second-order valence-electron chi connectivity index (χ2n) is 4.57. The molecule has 0 saturated heterocycles. The van der Waals surface area contributed by atoms with Crippen LogP contribution in [0.5, 0.6) is 0 Å². The fourth-order valence-corrected chi connectivity index (χ4v) is 3.30. The summed E-state index contributed by atoms with van der Waals surface area (Å²) in [4.78, 5) is 0. The highest BCUT2D eigenvalue weighted by atomic mass is 127. The minimum atomic E-state index is 0.399. The lowest BCUT2D eigenvalue weighted by Gasteiger charge is -2.35. The van der Waals surface area contributed by atoms with Gasteiger partial charge in [0.25, 0.3) is 0 Å². The van der Waals surface area contributed by atoms with Crippen LogP contribution in [0.15, 0.2) is 12.4 Å². The van der Waals surface area contributed by atoms with Crippen molar-refractivity contribution in [2.45, 2.75) is 38.6 Å². The second-order valence-corrected chi connectivity index (χ2v) is 6.14. The average Bonchev–Trinajstić information content (AvgIpc) is 2.65. The summed E-state index contributed by atoms with van der Waals surface area (Å²) >= 11 is 6.85. The third-order valence-corrected chi connectivity index (χ3v) is 4.58. The van der Waals surface area contributed by atoms with Gasteiger partial charge in [0.15, 0.2) is 0 Å².